The van der Waals surface area contributed by atoms with Gasteiger partial charge in [0.1, 0.15) is 11.3 Å². The minimum atomic E-state index is 0.228. The molecule has 22 heavy (non-hydrogen) atoms. The molecule has 0 bridgehead atoms. The van der Waals surface area contributed by atoms with E-state index < -0.39 is 0 Å². The van der Waals surface area contributed by atoms with Gasteiger partial charge in [0, 0.05) is 23.6 Å². The van der Waals surface area contributed by atoms with Crippen LogP contribution in [0.15, 0.2) is 61.1 Å². The van der Waals surface area contributed by atoms with Crippen molar-refractivity contribution in [3.8, 4) is 17.1 Å². The number of nitrogens with zero attached hydrogens (tertiary/aromatic N) is 5. The van der Waals surface area contributed by atoms with Crippen LogP contribution in [-0.2, 0) is 0 Å². The molecule has 4 rings (SSSR count). The number of fused-ring (bicyclic) bond motifs is 1. The zero-order chi connectivity index (χ0) is 14.9. The lowest BCUT2D eigenvalue weighted by Gasteiger charge is -2.08. The number of para-hydroxylation sites is 1. The number of aromatic nitrogens is 5. The van der Waals surface area contributed by atoms with Crippen LogP contribution in [0.1, 0.15) is 0 Å². The Kier molecular flexibility index (Phi) is 2.79. The van der Waals surface area contributed by atoms with Gasteiger partial charge in [0.25, 0.3) is 0 Å². The average molecular weight is 288 g/mol. The zero-order valence-electron chi connectivity index (χ0n) is 11.6. The predicted molar refractivity (Wildman–Crippen MR) is 84.3 cm³/mol. The second-order valence-corrected chi connectivity index (χ2v) is 4.78. The van der Waals surface area contributed by atoms with Crippen molar-refractivity contribution in [2.24, 2.45) is 0 Å². The van der Waals surface area contributed by atoms with E-state index in [0.717, 1.165) is 17.1 Å². The molecule has 0 fully saturated rings. The Hall–Kier alpha value is -3.28. The van der Waals surface area contributed by atoms with Gasteiger partial charge in [-0.25, -0.2) is 9.97 Å². The molecule has 0 radical (unpaired) electrons. The fourth-order valence-corrected chi connectivity index (χ4v) is 2.40. The first-order chi connectivity index (χ1) is 10.8. The monoisotopic (exact) mass is 288 g/mol. The number of pyridine rings is 1. The SMILES string of the molecule is Nc1ncc2nc(-c3ccncc3)n(-c3ccccc3)c2n1. The number of nitrogens with two attached hydrogens (primary N) is 1. The summed E-state index contributed by atoms with van der Waals surface area (Å²) in [6.07, 6.45) is 5.12. The Morgan fingerprint density at radius 2 is 1.68 bits per heavy atom. The van der Waals surface area contributed by atoms with Crippen molar-refractivity contribution in [2.45, 2.75) is 0 Å². The van der Waals surface area contributed by atoms with Crippen molar-refractivity contribution >= 4 is 17.1 Å². The lowest BCUT2D eigenvalue weighted by Crippen LogP contribution is -2.00. The Balaban J connectivity index is 2.08. The van der Waals surface area contributed by atoms with E-state index in [4.69, 9.17) is 5.73 Å². The van der Waals surface area contributed by atoms with Gasteiger partial charge >= 0.3 is 0 Å². The molecule has 0 saturated heterocycles. The Bertz CT molecular complexity index is 931. The van der Waals surface area contributed by atoms with Crippen molar-refractivity contribution in [3.63, 3.8) is 0 Å². The normalized spacial score (nSPS) is 10.9. The summed E-state index contributed by atoms with van der Waals surface area (Å²) in [5.74, 6) is 1.01. The van der Waals surface area contributed by atoms with Crippen LogP contribution >= 0.6 is 0 Å². The van der Waals surface area contributed by atoms with Gasteiger partial charge in [-0.05, 0) is 24.3 Å². The molecule has 0 aliphatic carbocycles. The summed E-state index contributed by atoms with van der Waals surface area (Å²) in [5.41, 5.74) is 9.05. The first kappa shape index (κ1) is 12.5. The van der Waals surface area contributed by atoms with Crippen molar-refractivity contribution in [3.05, 3.63) is 61.1 Å². The predicted octanol–water partition coefficient (Wildman–Crippen LogP) is 2.46. The molecule has 0 amide bonds. The topological polar surface area (TPSA) is 82.5 Å². The van der Waals surface area contributed by atoms with E-state index in [9.17, 15) is 0 Å². The average Bonchev–Trinajstić information content (AvgIpc) is 2.95. The van der Waals surface area contributed by atoms with Gasteiger partial charge in [-0.3, -0.25) is 9.55 Å². The first-order valence-electron chi connectivity index (χ1n) is 6.80. The van der Waals surface area contributed by atoms with E-state index in [1.807, 2.05) is 47.0 Å². The summed E-state index contributed by atoms with van der Waals surface area (Å²) in [7, 11) is 0. The van der Waals surface area contributed by atoms with Crippen LogP contribution < -0.4 is 5.73 Å². The summed E-state index contributed by atoms with van der Waals surface area (Å²) in [5, 5.41) is 0. The van der Waals surface area contributed by atoms with E-state index >= 15 is 0 Å². The van der Waals surface area contributed by atoms with Gasteiger partial charge in [-0.15, -0.1) is 0 Å². The number of hydrogen-bond donors (Lipinski definition) is 1. The first-order valence-corrected chi connectivity index (χ1v) is 6.80. The molecular formula is C16H12N6. The fourth-order valence-electron chi connectivity index (χ4n) is 2.40. The van der Waals surface area contributed by atoms with E-state index in [2.05, 4.69) is 19.9 Å². The van der Waals surface area contributed by atoms with Crippen molar-refractivity contribution in [1.82, 2.24) is 24.5 Å². The second kappa shape index (κ2) is 4.92. The Morgan fingerprint density at radius 3 is 2.45 bits per heavy atom. The van der Waals surface area contributed by atoms with E-state index in [0.29, 0.717) is 11.2 Å². The highest BCUT2D eigenvalue weighted by Gasteiger charge is 2.15. The summed E-state index contributed by atoms with van der Waals surface area (Å²) in [6.45, 7) is 0. The van der Waals surface area contributed by atoms with Gasteiger partial charge < -0.3 is 5.73 Å². The summed E-state index contributed by atoms with van der Waals surface area (Å²) < 4.78 is 1.97. The maximum Gasteiger partial charge on any atom is 0.222 e. The number of anilines is 1. The third-order valence-corrected chi connectivity index (χ3v) is 3.37. The third-order valence-electron chi connectivity index (χ3n) is 3.37. The van der Waals surface area contributed by atoms with Crippen LogP contribution in [0, 0.1) is 0 Å². The zero-order valence-corrected chi connectivity index (χ0v) is 11.6. The number of nitrogen functional groups attached to an aromatic ring is 1. The molecule has 0 atom stereocenters. The Labute approximate surface area is 126 Å². The molecule has 0 spiro atoms. The highest BCUT2D eigenvalue weighted by atomic mass is 15.2. The van der Waals surface area contributed by atoms with Crippen molar-refractivity contribution < 1.29 is 0 Å². The molecule has 4 aromatic rings. The largest absolute Gasteiger partial charge is 0.368 e. The highest BCUT2D eigenvalue weighted by Crippen LogP contribution is 2.27. The van der Waals surface area contributed by atoms with Gasteiger partial charge in [-0.2, -0.15) is 4.98 Å². The van der Waals surface area contributed by atoms with Gasteiger partial charge in [0.15, 0.2) is 5.65 Å². The molecule has 2 N–H and O–H groups in total. The molecule has 0 unspecified atom stereocenters. The van der Waals surface area contributed by atoms with Crippen LogP contribution in [0.4, 0.5) is 5.95 Å². The van der Waals surface area contributed by atoms with E-state index in [-0.39, 0.29) is 5.95 Å². The number of hydrogen-bond acceptors (Lipinski definition) is 5. The van der Waals surface area contributed by atoms with Crippen molar-refractivity contribution in [1.29, 1.82) is 0 Å². The van der Waals surface area contributed by atoms with Crippen LogP contribution in [0.5, 0.6) is 0 Å². The van der Waals surface area contributed by atoms with Gasteiger partial charge in [-0.1, -0.05) is 18.2 Å². The standard InChI is InChI=1S/C16H12N6/c17-16-19-10-13-15(21-16)22(12-4-2-1-3-5-12)14(20-13)11-6-8-18-9-7-11/h1-10H,(H2,17,19,21). The van der Waals surface area contributed by atoms with E-state index in [1.165, 1.54) is 0 Å². The molecule has 6 nitrogen and oxygen atoms in total. The highest BCUT2D eigenvalue weighted by molar-refractivity contribution is 5.80. The minimum Gasteiger partial charge on any atom is -0.368 e. The lowest BCUT2D eigenvalue weighted by atomic mass is 10.2. The maximum absolute atomic E-state index is 5.75. The quantitative estimate of drug-likeness (QED) is 0.612. The van der Waals surface area contributed by atoms with E-state index in [1.54, 1.807) is 18.6 Å². The lowest BCUT2D eigenvalue weighted by molar-refractivity contribution is 1.07. The molecular weight excluding hydrogens is 276 g/mol. The van der Waals surface area contributed by atoms with Crippen molar-refractivity contribution in [2.75, 3.05) is 5.73 Å². The molecule has 6 heteroatoms. The molecule has 106 valence electrons. The third kappa shape index (κ3) is 1.98. The smallest absolute Gasteiger partial charge is 0.222 e. The molecule has 0 aliphatic rings. The van der Waals surface area contributed by atoms with Gasteiger partial charge in [0.2, 0.25) is 5.95 Å². The fraction of sp³-hybridized carbons (Fsp3) is 0. The van der Waals surface area contributed by atoms with Crippen LogP contribution in [0.2, 0.25) is 0 Å². The summed E-state index contributed by atoms with van der Waals surface area (Å²) >= 11 is 0. The molecule has 0 aliphatic heterocycles. The summed E-state index contributed by atoms with van der Waals surface area (Å²) in [6, 6.07) is 13.8. The molecule has 3 aromatic heterocycles. The van der Waals surface area contributed by atoms with Crippen LogP contribution in [0.3, 0.4) is 0 Å². The maximum atomic E-state index is 5.75. The number of rotatable bonds is 2. The minimum absolute atomic E-state index is 0.228. The molecule has 1 aromatic carbocycles. The van der Waals surface area contributed by atoms with Crippen LogP contribution in [-0.4, -0.2) is 24.5 Å². The molecule has 3 heterocycles. The number of benzene rings is 1. The van der Waals surface area contributed by atoms with Crippen LogP contribution in [0.25, 0.3) is 28.2 Å². The number of imidazole rings is 1. The van der Waals surface area contributed by atoms with Gasteiger partial charge in [0.05, 0.1) is 6.20 Å². The molecule has 0 saturated carbocycles. The second-order valence-electron chi connectivity index (χ2n) is 4.78. The summed E-state index contributed by atoms with van der Waals surface area (Å²) in [4.78, 5) is 17.1. The Morgan fingerprint density at radius 1 is 0.909 bits per heavy atom.